The van der Waals surface area contributed by atoms with Gasteiger partial charge in [-0.05, 0) is 38.2 Å². The fraction of sp³-hybridized carbons (Fsp3) is 0.471. The number of amides is 1. The van der Waals surface area contributed by atoms with Gasteiger partial charge in [0.25, 0.3) is 0 Å². The fourth-order valence-electron chi connectivity index (χ4n) is 3.47. The van der Waals surface area contributed by atoms with Gasteiger partial charge in [-0.15, -0.1) is 10.2 Å². The molecule has 2 atom stereocenters. The maximum absolute atomic E-state index is 11.8. The van der Waals surface area contributed by atoms with Crippen LogP contribution in [0.15, 0.2) is 36.7 Å². The number of aryl methyl sites for hydroxylation is 1. The number of carboxylic acid groups (broad SMARTS) is 1. The van der Waals surface area contributed by atoms with E-state index >= 15 is 0 Å². The van der Waals surface area contributed by atoms with Gasteiger partial charge >= 0.3 is 6.09 Å². The van der Waals surface area contributed by atoms with Gasteiger partial charge in [0.15, 0.2) is 0 Å². The van der Waals surface area contributed by atoms with E-state index in [0.717, 1.165) is 37.1 Å². The monoisotopic (exact) mass is 314 g/mol. The first-order valence-electron chi connectivity index (χ1n) is 8.04. The molecule has 2 aromatic rings. The van der Waals surface area contributed by atoms with Crippen molar-refractivity contribution in [2.45, 2.75) is 51.2 Å². The number of hydrogen-bond acceptors (Lipinski definition) is 3. The van der Waals surface area contributed by atoms with Gasteiger partial charge in [0.05, 0.1) is 0 Å². The van der Waals surface area contributed by atoms with Gasteiger partial charge < -0.3 is 14.6 Å². The highest BCUT2D eigenvalue weighted by atomic mass is 16.4. The quantitative estimate of drug-likeness (QED) is 0.940. The highest BCUT2D eigenvalue weighted by molar-refractivity contribution is 5.65. The fourth-order valence-corrected chi connectivity index (χ4v) is 3.47. The van der Waals surface area contributed by atoms with E-state index in [0.29, 0.717) is 6.54 Å². The Morgan fingerprint density at radius 2 is 2.13 bits per heavy atom. The molecule has 1 aromatic carbocycles. The van der Waals surface area contributed by atoms with Crippen molar-refractivity contribution in [1.29, 1.82) is 0 Å². The number of hydrogen-bond donors (Lipinski definition) is 1. The van der Waals surface area contributed by atoms with Crippen LogP contribution in [-0.4, -0.2) is 36.9 Å². The molecule has 1 heterocycles. The molecule has 1 fully saturated rings. The molecule has 23 heavy (non-hydrogen) atoms. The number of nitrogens with zero attached hydrogens (tertiary/aromatic N) is 4. The van der Waals surface area contributed by atoms with Crippen LogP contribution in [-0.2, 0) is 6.54 Å². The third-order valence-corrected chi connectivity index (χ3v) is 4.65. The molecule has 0 spiro atoms. The first kappa shape index (κ1) is 15.5. The average Bonchev–Trinajstić information content (AvgIpc) is 2.99. The summed E-state index contributed by atoms with van der Waals surface area (Å²) >= 11 is 0. The van der Waals surface area contributed by atoms with Gasteiger partial charge in [0.2, 0.25) is 0 Å². The number of rotatable bonds is 4. The third-order valence-electron chi connectivity index (χ3n) is 4.65. The first-order chi connectivity index (χ1) is 11.1. The SMILES string of the molecule is Cc1nncn1[C@@H]1CCC[C@H](N(Cc2ccccc2)C(=O)O)C1. The van der Waals surface area contributed by atoms with Gasteiger partial charge in [0.1, 0.15) is 12.2 Å². The maximum atomic E-state index is 11.8. The molecule has 1 aliphatic carbocycles. The Kier molecular flexibility index (Phi) is 4.60. The molecule has 6 nitrogen and oxygen atoms in total. The van der Waals surface area contributed by atoms with Gasteiger partial charge in [-0.1, -0.05) is 30.3 Å². The highest BCUT2D eigenvalue weighted by Crippen LogP contribution is 2.32. The number of carbonyl (C=O) groups is 1. The summed E-state index contributed by atoms with van der Waals surface area (Å²) in [6, 6.07) is 10.1. The van der Waals surface area contributed by atoms with Gasteiger partial charge in [-0.3, -0.25) is 0 Å². The minimum absolute atomic E-state index is 0.0354. The minimum Gasteiger partial charge on any atom is -0.465 e. The Balaban J connectivity index is 1.74. The Morgan fingerprint density at radius 3 is 2.78 bits per heavy atom. The predicted molar refractivity (Wildman–Crippen MR) is 86.1 cm³/mol. The smallest absolute Gasteiger partial charge is 0.407 e. The van der Waals surface area contributed by atoms with Crippen molar-refractivity contribution in [2.24, 2.45) is 0 Å². The van der Waals surface area contributed by atoms with Crippen LogP contribution in [0.1, 0.15) is 43.1 Å². The van der Waals surface area contributed by atoms with E-state index < -0.39 is 6.09 Å². The molecule has 0 aliphatic heterocycles. The summed E-state index contributed by atoms with van der Waals surface area (Å²) in [4.78, 5) is 13.3. The molecule has 1 saturated carbocycles. The highest BCUT2D eigenvalue weighted by Gasteiger charge is 2.30. The van der Waals surface area contributed by atoms with Crippen LogP contribution in [0.2, 0.25) is 0 Å². The zero-order valence-electron chi connectivity index (χ0n) is 13.3. The first-order valence-corrected chi connectivity index (χ1v) is 8.04. The Morgan fingerprint density at radius 1 is 1.35 bits per heavy atom. The zero-order valence-corrected chi connectivity index (χ0v) is 13.3. The normalized spacial score (nSPS) is 21.1. The Bertz CT molecular complexity index is 656. The summed E-state index contributed by atoms with van der Waals surface area (Å²) in [5, 5.41) is 17.7. The molecule has 1 amide bonds. The Hall–Kier alpha value is -2.37. The molecule has 1 N–H and O–H groups in total. The molecule has 3 rings (SSSR count). The summed E-state index contributed by atoms with van der Waals surface area (Å²) in [6.07, 6.45) is 4.71. The standard InChI is InChI=1S/C17H22N4O2/c1-13-19-18-12-21(13)16-9-5-8-15(10-16)20(17(22)23)11-14-6-3-2-4-7-14/h2-4,6-7,12,15-16H,5,8-11H2,1H3,(H,22,23)/t15-,16+/m0/s1. The summed E-state index contributed by atoms with van der Waals surface area (Å²) < 4.78 is 2.08. The van der Waals surface area contributed by atoms with Gasteiger partial charge in [-0.2, -0.15) is 0 Å². The molecule has 1 aliphatic rings. The topological polar surface area (TPSA) is 71.2 Å². The van der Waals surface area contributed by atoms with Crippen molar-refractivity contribution < 1.29 is 9.90 Å². The second kappa shape index (κ2) is 6.81. The minimum atomic E-state index is -0.847. The molecule has 0 unspecified atom stereocenters. The van der Waals surface area contributed by atoms with E-state index in [9.17, 15) is 9.90 Å². The summed E-state index contributed by atoms with van der Waals surface area (Å²) in [6.45, 7) is 2.38. The lowest BCUT2D eigenvalue weighted by atomic mass is 9.89. The summed E-state index contributed by atoms with van der Waals surface area (Å²) in [5.74, 6) is 0.889. The van der Waals surface area contributed by atoms with Gasteiger partial charge in [-0.25, -0.2) is 4.79 Å². The van der Waals surface area contributed by atoms with Crippen LogP contribution < -0.4 is 0 Å². The summed E-state index contributed by atoms with van der Waals surface area (Å²) in [5.41, 5.74) is 1.03. The van der Waals surface area contributed by atoms with E-state index in [-0.39, 0.29) is 12.1 Å². The second-order valence-electron chi connectivity index (χ2n) is 6.16. The molecule has 0 radical (unpaired) electrons. The van der Waals surface area contributed by atoms with Crippen LogP contribution >= 0.6 is 0 Å². The van der Waals surface area contributed by atoms with Crippen LogP contribution in [0.5, 0.6) is 0 Å². The van der Waals surface area contributed by atoms with E-state index in [1.54, 1.807) is 11.2 Å². The lowest BCUT2D eigenvalue weighted by Gasteiger charge is -2.36. The number of aromatic nitrogens is 3. The van der Waals surface area contributed by atoms with Crippen molar-refractivity contribution in [3.8, 4) is 0 Å². The molecule has 0 saturated heterocycles. The van der Waals surface area contributed by atoms with Crippen LogP contribution in [0.25, 0.3) is 0 Å². The second-order valence-corrected chi connectivity index (χ2v) is 6.16. The molecule has 6 heteroatoms. The largest absolute Gasteiger partial charge is 0.465 e. The van der Waals surface area contributed by atoms with E-state index in [2.05, 4.69) is 14.8 Å². The molecule has 0 bridgehead atoms. The summed E-state index contributed by atoms with van der Waals surface area (Å²) in [7, 11) is 0. The van der Waals surface area contributed by atoms with Crippen molar-refractivity contribution >= 4 is 6.09 Å². The molecule has 122 valence electrons. The van der Waals surface area contributed by atoms with Crippen LogP contribution in [0, 0.1) is 6.92 Å². The molecular formula is C17H22N4O2. The van der Waals surface area contributed by atoms with Crippen LogP contribution in [0.4, 0.5) is 4.79 Å². The third kappa shape index (κ3) is 3.52. The molecular weight excluding hydrogens is 292 g/mol. The average molecular weight is 314 g/mol. The van der Waals surface area contributed by atoms with E-state index in [1.165, 1.54) is 0 Å². The lowest BCUT2D eigenvalue weighted by Crippen LogP contribution is -2.42. The number of benzene rings is 1. The zero-order chi connectivity index (χ0) is 16.2. The lowest BCUT2D eigenvalue weighted by molar-refractivity contribution is 0.0967. The Labute approximate surface area is 135 Å². The molecule has 1 aromatic heterocycles. The van der Waals surface area contributed by atoms with Crippen molar-refractivity contribution in [1.82, 2.24) is 19.7 Å². The van der Waals surface area contributed by atoms with Crippen molar-refractivity contribution in [2.75, 3.05) is 0 Å². The predicted octanol–water partition coefficient (Wildman–Crippen LogP) is 3.25. The van der Waals surface area contributed by atoms with Crippen molar-refractivity contribution in [3.05, 3.63) is 48.0 Å². The maximum Gasteiger partial charge on any atom is 0.407 e. The van der Waals surface area contributed by atoms with E-state index in [1.807, 2.05) is 37.3 Å². The van der Waals surface area contributed by atoms with Gasteiger partial charge in [0, 0.05) is 18.6 Å². The van der Waals surface area contributed by atoms with E-state index in [4.69, 9.17) is 0 Å². The van der Waals surface area contributed by atoms with Crippen LogP contribution in [0.3, 0.4) is 0 Å². The van der Waals surface area contributed by atoms with Crippen molar-refractivity contribution in [3.63, 3.8) is 0 Å².